The lowest BCUT2D eigenvalue weighted by Crippen LogP contribution is -1.95. The third-order valence-electron chi connectivity index (χ3n) is 3.14. The molecule has 0 unspecified atom stereocenters. The van der Waals surface area contributed by atoms with E-state index in [4.69, 9.17) is 0 Å². The first-order valence-corrected chi connectivity index (χ1v) is 5.84. The van der Waals surface area contributed by atoms with Crippen LogP contribution in [0.15, 0.2) is 24.3 Å². The lowest BCUT2D eigenvalue weighted by Gasteiger charge is -2.10. The molecule has 0 radical (unpaired) electrons. The summed E-state index contributed by atoms with van der Waals surface area (Å²) in [5, 5.41) is 14.5. The van der Waals surface area contributed by atoms with Crippen molar-refractivity contribution in [3.8, 4) is 17.0 Å². The maximum Gasteiger partial charge on any atom is 0.164 e. The maximum absolute atomic E-state index is 10.1. The highest BCUT2D eigenvalue weighted by atomic mass is 16.3. The Kier molecular flexibility index (Phi) is 2.92. The summed E-state index contributed by atoms with van der Waals surface area (Å²) in [4.78, 5) is 0. The quantitative estimate of drug-likeness (QED) is 0.860. The fourth-order valence-corrected chi connectivity index (χ4v) is 1.99. The van der Waals surface area contributed by atoms with Crippen LogP contribution in [0.3, 0.4) is 0 Å². The van der Waals surface area contributed by atoms with Crippen molar-refractivity contribution in [1.82, 2.24) is 9.78 Å². The molecule has 0 bridgehead atoms. The van der Waals surface area contributed by atoms with Gasteiger partial charge in [-0.2, -0.15) is 5.10 Å². The van der Waals surface area contributed by atoms with Crippen LogP contribution in [0.4, 0.5) is 0 Å². The summed E-state index contributed by atoms with van der Waals surface area (Å²) >= 11 is 0. The molecule has 0 fully saturated rings. The van der Waals surface area contributed by atoms with Gasteiger partial charge in [-0.05, 0) is 18.4 Å². The summed E-state index contributed by atoms with van der Waals surface area (Å²) in [5.74, 6) is 0.688. The van der Waals surface area contributed by atoms with Crippen molar-refractivity contribution < 1.29 is 5.11 Å². The molecular formula is C14H18N2O. The Morgan fingerprint density at radius 3 is 2.41 bits per heavy atom. The molecule has 17 heavy (non-hydrogen) atoms. The monoisotopic (exact) mass is 230 g/mol. The minimum absolute atomic E-state index is 0.278. The number of nitrogens with zero attached hydrogens (tertiary/aromatic N) is 2. The van der Waals surface area contributed by atoms with E-state index in [-0.39, 0.29) is 5.75 Å². The Morgan fingerprint density at radius 2 is 1.88 bits per heavy atom. The van der Waals surface area contributed by atoms with Crippen molar-refractivity contribution in [1.29, 1.82) is 0 Å². The summed E-state index contributed by atoms with van der Waals surface area (Å²) < 4.78 is 1.71. The number of hydrogen-bond acceptors (Lipinski definition) is 2. The van der Waals surface area contributed by atoms with E-state index in [0.717, 1.165) is 11.3 Å². The van der Waals surface area contributed by atoms with Gasteiger partial charge in [0.1, 0.15) is 5.69 Å². The van der Waals surface area contributed by atoms with Gasteiger partial charge < -0.3 is 5.11 Å². The van der Waals surface area contributed by atoms with Crippen LogP contribution in [0.25, 0.3) is 11.3 Å². The average molecular weight is 230 g/mol. The molecule has 3 heteroatoms. The second-order valence-electron chi connectivity index (χ2n) is 4.65. The van der Waals surface area contributed by atoms with Crippen LogP contribution in [0.2, 0.25) is 0 Å². The summed E-state index contributed by atoms with van der Waals surface area (Å²) in [7, 11) is 1.84. The predicted molar refractivity (Wildman–Crippen MR) is 69.1 cm³/mol. The number of rotatable bonds is 2. The Hall–Kier alpha value is -1.77. The molecule has 2 rings (SSSR count). The normalized spacial score (nSPS) is 11.1. The van der Waals surface area contributed by atoms with Gasteiger partial charge in [0, 0.05) is 12.6 Å². The smallest absolute Gasteiger partial charge is 0.164 e. The largest absolute Gasteiger partial charge is 0.504 e. The first kappa shape index (κ1) is 11.7. The Morgan fingerprint density at radius 1 is 1.24 bits per heavy atom. The van der Waals surface area contributed by atoms with E-state index in [1.165, 1.54) is 5.56 Å². The third-order valence-corrected chi connectivity index (χ3v) is 3.14. The molecule has 1 N–H and O–H groups in total. The minimum atomic E-state index is 0.278. The molecule has 0 saturated heterocycles. The van der Waals surface area contributed by atoms with Gasteiger partial charge >= 0.3 is 0 Å². The second-order valence-corrected chi connectivity index (χ2v) is 4.65. The zero-order valence-electron chi connectivity index (χ0n) is 10.7. The second kappa shape index (κ2) is 4.24. The van der Waals surface area contributed by atoms with Crippen LogP contribution in [-0.2, 0) is 7.05 Å². The fourth-order valence-electron chi connectivity index (χ4n) is 1.99. The number of aromatic hydroxyl groups is 1. The highest BCUT2D eigenvalue weighted by Crippen LogP contribution is 2.35. The minimum Gasteiger partial charge on any atom is -0.504 e. The van der Waals surface area contributed by atoms with Gasteiger partial charge in [-0.3, -0.25) is 4.68 Å². The predicted octanol–water partition coefficient (Wildman–Crippen LogP) is 3.22. The van der Waals surface area contributed by atoms with E-state index in [9.17, 15) is 5.11 Å². The molecule has 0 aliphatic heterocycles. The van der Waals surface area contributed by atoms with Crippen molar-refractivity contribution in [3.05, 3.63) is 35.5 Å². The average Bonchev–Trinajstić information content (AvgIpc) is 2.57. The van der Waals surface area contributed by atoms with Crippen LogP contribution < -0.4 is 0 Å². The Bertz CT molecular complexity index is 541. The van der Waals surface area contributed by atoms with Crippen molar-refractivity contribution in [2.24, 2.45) is 7.05 Å². The topological polar surface area (TPSA) is 38.1 Å². The van der Waals surface area contributed by atoms with Gasteiger partial charge in [-0.15, -0.1) is 0 Å². The molecule has 1 heterocycles. The highest BCUT2D eigenvalue weighted by molar-refractivity contribution is 5.70. The van der Waals surface area contributed by atoms with Crippen molar-refractivity contribution in [2.75, 3.05) is 0 Å². The molecule has 0 aliphatic rings. The molecule has 1 aromatic heterocycles. The Labute approximate surface area is 102 Å². The Balaban J connectivity index is 2.64. The van der Waals surface area contributed by atoms with E-state index in [2.05, 4.69) is 25.0 Å². The maximum atomic E-state index is 10.1. The van der Waals surface area contributed by atoms with Gasteiger partial charge in [-0.25, -0.2) is 0 Å². The summed E-state index contributed by atoms with van der Waals surface area (Å²) in [5.41, 5.74) is 3.69. The molecule has 90 valence electrons. The molecule has 3 nitrogen and oxygen atoms in total. The molecule has 0 amide bonds. The van der Waals surface area contributed by atoms with Gasteiger partial charge in [-0.1, -0.05) is 38.1 Å². The third kappa shape index (κ3) is 1.93. The van der Waals surface area contributed by atoms with Crippen LogP contribution in [0.5, 0.6) is 5.75 Å². The van der Waals surface area contributed by atoms with Crippen molar-refractivity contribution in [3.63, 3.8) is 0 Å². The lowest BCUT2D eigenvalue weighted by atomic mass is 9.95. The van der Waals surface area contributed by atoms with Crippen molar-refractivity contribution in [2.45, 2.75) is 26.7 Å². The SMILES string of the molecule is Cc1c(O)c(-c2ccccc2C(C)C)nn1C. The van der Waals surface area contributed by atoms with Crippen LogP contribution >= 0.6 is 0 Å². The highest BCUT2D eigenvalue weighted by Gasteiger charge is 2.17. The van der Waals surface area contributed by atoms with Gasteiger partial charge in [0.15, 0.2) is 5.75 Å². The van der Waals surface area contributed by atoms with Gasteiger partial charge in [0.05, 0.1) is 5.69 Å². The van der Waals surface area contributed by atoms with Crippen LogP contribution in [-0.4, -0.2) is 14.9 Å². The van der Waals surface area contributed by atoms with E-state index < -0.39 is 0 Å². The molecule has 2 aromatic rings. The zero-order valence-corrected chi connectivity index (χ0v) is 10.7. The fraction of sp³-hybridized carbons (Fsp3) is 0.357. The molecule has 0 atom stereocenters. The van der Waals surface area contributed by atoms with Crippen LogP contribution in [0, 0.1) is 6.92 Å². The number of aromatic nitrogens is 2. The summed E-state index contributed by atoms with van der Waals surface area (Å²) in [6, 6.07) is 8.09. The molecule has 0 aliphatic carbocycles. The number of benzene rings is 1. The van der Waals surface area contributed by atoms with E-state index >= 15 is 0 Å². The summed E-state index contributed by atoms with van der Waals surface area (Å²) in [6.45, 7) is 6.15. The van der Waals surface area contributed by atoms with E-state index in [1.807, 2.05) is 32.2 Å². The van der Waals surface area contributed by atoms with E-state index in [0.29, 0.717) is 11.6 Å². The first-order chi connectivity index (χ1) is 8.02. The molecule has 0 spiro atoms. The molecular weight excluding hydrogens is 212 g/mol. The first-order valence-electron chi connectivity index (χ1n) is 5.84. The van der Waals surface area contributed by atoms with Crippen LogP contribution in [0.1, 0.15) is 31.0 Å². The lowest BCUT2D eigenvalue weighted by molar-refractivity contribution is 0.471. The van der Waals surface area contributed by atoms with Gasteiger partial charge in [0.2, 0.25) is 0 Å². The van der Waals surface area contributed by atoms with Crippen molar-refractivity contribution >= 4 is 0 Å². The van der Waals surface area contributed by atoms with Gasteiger partial charge in [0.25, 0.3) is 0 Å². The number of aryl methyl sites for hydroxylation is 1. The number of hydrogen-bond donors (Lipinski definition) is 1. The molecule has 0 saturated carbocycles. The zero-order chi connectivity index (χ0) is 12.6. The summed E-state index contributed by atoms with van der Waals surface area (Å²) in [6.07, 6.45) is 0. The molecule has 1 aromatic carbocycles. The standard InChI is InChI=1S/C14H18N2O/c1-9(2)11-7-5-6-8-12(11)13-14(17)10(3)16(4)15-13/h5-9,17H,1-4H3. The van der Waals surface area contributed by atoms with E-state index in [1.54, 1.807) is 4.68 Å².